The topological polar surface area (TPSA) is 94.6 Å². The van der Waals surface area contributed by atoms with Gasteiger partial charge in [0.15, 0.2) is 11.7 Å². The van der Waals surface area contributed by atoms with Crippen molar-refractivity contribution in [1.82, 2.24) is 4.98 Å². The summed E-state index contributed by atoms with van der Waals surface area (Å²) in [6.07, 6.45) is 0. The molecule has 0 aliphatic carbocycles. The molecule has 0 fully saturated rings. The van der Waals surface area contributed by atoms with Gasteiger partial charge in [0.05, 0.1) is 5.69 Å². The van der Waals surface area contributed by atoms with E-state index in [1.165, 1.54) is 11.3 Å². The summed E-state index contributed by atoms with van der Waals surface area (Å²) in [7, 11) is 0. The normalized spacial score (nSPS) is 10.2. The molecule has 0 saturated heterocycles. The fourth-order valence-electron chi connectivity index (χ4n) is 1.57. The molecule has 2 N–H and O–H groups in total. The summed E-state index contributed by atoms with van der Waals surface area (Å²) in [6, 6.07) is 7.02. The maximum absolute atomic E-state index is 10.7. The van der Waals surface area contributed by atoms with Gasteiger partial charge in [0.25, 0.3) is 0 Å². The van der Waals surface area contributed by atoms with E-state index in [1.807, 2.05) is 19.1 Å². The van der Waals surface area contributed by atoms with Crippen LogP contribution in [0.1, 0.15) is 4.88 Å². The molecular formula is C12H11N3O3S. The quantitative estimate of drug-likeness (QED) is 0.866. The highest BCUT2D eigenvalue weighted by molar-refractivity contribution is 7.15. The zero-order chi connectivity index (χ0) is 13.8. The summed E-state index contributed by atoms with van der Waals surface area (Å²) in [5.41, 5.74) is 7.40. The fraction of sp³-hybridized carbons (Fsp3) is 0.167. The SMILES string of the molecule is Cc1sc(N)nc1-c1ccc(OCC(=O)N=O)cc1. The second kappa shape index (κ2) is 5.57. The smallest absolute Gasteiger partial charge is 0.323 e. The predicted octanol–water partition coefficient (Wildman–Crippen LogP) is 2.37. The molecule has 2 rings (SSSR count). The van der Waals surface area contributed by atoms with E-state index in [4.69, 9.17) is 10.5 Å². The molecule has 1 heterocycles. The predicted molar refractivity (Wildman–Crippen MR) is 73.0 cm³/mol. The van der Waals surface area contributed by atoms with Crippen LogP contribution in [0.5, 0.6) is 5.75 Å². The first-order chi connectivity index (χ1) is 9.10. The number of anilines is 1. The molecule has 1 aromatic carbocycles. The molecule has 0 atom stereocenters. The van der Waals surface area contributed by atoms with Gasteiger partial charge in [0, 0.05) is 15.6 Å². The molecule has 6 nitrogen and oxygen atoms in total. The van der Waals surface area contributed by atoms with E-state index < -0.39 is 5.91 Å². The lowest BCUT2D eigenvalue weighted by atomic mass is 10.1. The number of carbonyl (C=O) groups excluding carboxylic acids is 1. The third-order valence-corrected chi connectivity index (χ3v) is 3.20. The lowest BCUT2D eigenvalue weighted by Crippen LogP contribution is -2.07. The number of nitrogens with two attached hydrogens (primary N) is 1. The number of hydrogen-bond donors (Lipinski definition) is 1. The summed E-state index contributed by atoms with van der Waals surface area (Å²) in [4.78, 5) is 25.9. The molecule has 0 spiro atoms. The number of nitrogen functional groups attached to an aromatic ring is 1. The summed E-state index contributed by atoms with van der Waals surface area (Å²) in [5, 5.41) is 2.77. The van der Waals surface area contributed by atoms with Gasteiger partial charge in [-0.25, -0.2) is 4.98 Å². The highest BCUT2D eigenvalue weighted by atomic mass is 32.1. The Balaban J connectivity index is 2.12. The number of rotatable bonds is 4. The molecule has 0 radical (unpaired) electrons. The van der Waals surface area contributed by atoms with Crippen LogP contribution in [-0.2, 0) is 4.79 Å². The van der Waals surface area contributed by atoms with Crippen LogP contribution in [0.3, 0.4) is 0 Å². The molecule has 7 heteroatoms. The maximum Gasteiger partial charge on any atom is 0.323 e. The summed E-state index contributed by atoms with van der Waals surface area (Å²) >= 11 is 1.43. The van der Waals surface area contributed by atoms with Gasteiger partial charge in [-0.1, -0.05) is 0 Å². The molecule has 19 heavy (non-hydrogen) atoms. The zero-order valence-corrected chi connectivity index (χ0v) is 10.9. The molecule has 1 aromatic heterocycles. The van der Waals surface area contributed by atoms with Crippen LogP contribution in [0.15, 0.2) is 29.4 Å². The van der Waals surface area contributed by atoms with Gasteiger partial charge in [-0.05, 0) is 31.2 Å². The van der Waals surface area contributed by atoms with E-state index in [0.717, 1.165) is 16.1 Å². The van der Waals surface area contributed by atoms with Gasteiger partial charge in [-0.3, -0.25) is 4.79 Å². The number of amides is 1. The highest BCUT2D eigenvalue weighted by Crippen LogP contribution is 2.29. The summed E-state index contributed by atoms with van der Waals surface area (Å²) in [6.45, 7) is 1.59. The van der Waals surface area contributed by atoms with Crippen molar-refractivity contribution in [2.24, 2.45) is 5.18 Å². The van der Waals surface area contributed by atoms with Crippen LogP contribution < -0.4 is 10.5 Å². The van der Waals surface area contributed by atoms with Crippen molar-refractivity contribution in [3.63, 3.8) is 0 Å². The third kappa shape index (κ3) is 3.14. The molecular weight excluding hydrogens is 266 g/mol. The van der Waals surface area contributed by atoms with E-state index in [2.05, 4.69) is 10.2 Å². The largest absolute Gasteiger partial charge is 0.484 e. The Kier molecular flexibility index (Phi) is 3.86. The third-order valence-electron chi connectivity index (χ3n) is 2.41. The number of aryl methyl sites for hydroxylation is 1. The van der Waals surface area contributed by atoms with Crippen molar-refractivity contribution < 1.29 is 9.53 Å². The fourth-order valence-corrected chi connectivity index (χ4v) is 2.28. The molecule has 0 bridgehead atoms. The van der Waals surface area contributed by atoms with Crippen LogP contribution in [0, 0.1) is 11.8 Å². The highest BCUT2D eigenvalue weighted by Gasteiger charge is 2.08. The second-order valence-electron chi connectivity index (χ2n) is 3.75. The number of nitroso groups, excluding NO2 is 1. The Hall–Kier alpha value is -2.28. The molecule has 2 aromatic rings. The second-order valence-corrected chi connectivity index (χ2v) is 4.99. The standard InChI is InChI=1S/C12H11N3O3S/c1-7-11(14-12(13)19-7)8-2-4-9(5-3-8)18-6-10(16)15-17/h2-5H,6H2,1H3,(H2,13,14). The van der Waals surface area contributed by atoms with Gasteiger partial charge in [-0.2, -0.15) is 0 Å². The first-order valence-electron chi connectivity index (χ1n) is 5.42. The van der Waals surface area contributed by atoms with E-state index in [0.29, 0.717) is 10.9 Å². The number of carbonyl (C=O) groups is 1. The van der Waals surface area contributed by atoms with E-state index >= 15 is 0 Å². The van der Waals surface area contributed by atoms with Crippen LogP contribution >= 0.6 is 11.3 Å². The monoisotopic (exact) mass is 277 g/mol. The van der Waals surface area contributed by atoms with Crippen molar-refractivity contribution in [2.45, 2.75) is 6.92 Å². The van der Waals surface area contributed by atoms with Gasteiger partial charge >= 0.3 is 5.91 Å². The summed E-state index contributed by atoms with van der Waals surface area (Å²) < 4.78 is 5.10. The van der Waals surface area contributed by atoms with Gasteiger partial charge in [-0.15, -0.1) is 16.2 Å². The molecule has 0 aliphatic rings. The van der Waals surface area contributed by atoms with Crippen molar-refractivity contribution in [1.29, 1.82) is 0 Å². The van der Waals surface area contributed by atoms with Crippen LogP contribution in [0.2, 0.25) is 0 Å². The first-order valence-corrected chi connectivity index (χ1v) is 6.24. The van der Waals surface area contributed by atoms with Crippen LogP contribution in [0.25, 0.3) is 11.3 Å². The number of nitrogens with zero attached hydrogens (tertiary/aromatic N) is 2. The van der Waals surface area contributed by atoms with Crippen molar-refractivity contribution >= 4 is 22.4 Å². The molecule has 0 unspecified atom stereocenters. The lowest BCUT2D eigenvalue weighted by Gasteiger charge is -2.04. The zero-order valence-electron chi connectivity index (χ0n) is 10.1. The number of hydrogen-bond acceptors (Lipinski definition) is 6. The molecule has 0 aliphatic heterocycles. The number of ether oxygens (including phenoxy) is 1. The Morgan fingerprint density at radius 3 is 2.63 bits per heavy atom. The lowest BCUT2D eigenvalue weighted by molar-refractivity contribution is -0.119. The number of aromatic nitrogens is 1. The molecule has 98 valence electrons. The number of thiazole rings is 1. The minimum absolute atomic E-state index is 0.356. The minimum Gasteiger partial charge on any atom is -0.484 e. The van der Waals surface area contributed by atoms with Crippen molar-refractivity contribution in [3.8, 4) is 17.0 Å². The number of benzene rings is 1. The average Bonchev–Trinajstić information content (AvgIpc) is 2.75. The van der Waals surface area contributed by atoms with Gasteiger partial charge in [0.1, 0.15) is 5.75 Å². The van der Waals surface area contributed by atoms with E-state index in [1.54, 1.807) is 12.1 Å². The molecule has 1 amide bonds. The Labute approximate surface area is 113 Å². The van der Waals surface area contributed by atoms with Crippen molar-refractivity contribution in [3.05, 3.63) is 34.0 Å². The molecule has 0 saturated carbocycles. The first kappa shape index (κ1) is 13.2. The van der Waals surface area contributed by atoms with Crippen molar-refractivity contribution in [2.75, 3.05) is 12.3 Å². The van der Waals surface area contributed by atoms with Gasteiger partial charge < -0.3 is 10.5 Å². The minimum atomic E-state index is -0.841. The van der Waals surface area contributed by atoms with E-state index in [-0.39, 0.29) is 6.61 Å². The maximum atomic E-state index is 10.7. The van der Waals surface area contributed by atoms with Crippen LogP contribution in [0.4, 0.5) is 5.13 Å². The average molecular weight is 277 g/mol. The Bertz CT molecular complexity index is 607. The Morgan fingerprint density at radius 1 is 1.42 bits per heavy atom. The van der Waals surface area contributed by atoms with Gasteiger partial charge in [0.2, 0.25) is 0 Å². The van der Waals surface area contributed by atoms with E-state index in [9.17, 15) is 9.70 Å². The summed E-state index contributed by atoms with van der Waals surface area (Å²) in [5.74, 6) is -0.353. The Morgan fingerprint density at radius 2 is 2.11 bits per heavy atom. The van der Waals surface area contributed by atoms with Crippen LogP contribution in [-0.4, -0.2) is 17.5 Å².